The molecule has 110 valence electrons. The zero-order chi connectivity index (χ0) is 14.8. The predicted molar refractivity (Wildman–Crippen MR) is 72.3 cm³/mol. The van der Waals surface area contributed by atoms with Crippen molar-refractivity contribution in [2.45, 2.75) is 25.6 Å². The van der Waals surface area contributed by atoms with Gasteiger partial charge in [0.15, 0.2) is 11.5 Å². The predicted octanol–water partition coefficient (Wildman–Crippen LogP) is 3.52. The minimum Gasteiger partial charge on any atom is -0.487 e. The molecule has 1 aromatic carbocycles. The lowest BCUT2D eigenvalue weighted by molar-refractivity contribution is -0.0516. The molecule has 1 fully saturated rings. The Bertz CT molecular complexity index is 642. The zero-order valence-electron chi connectivity index (χ0n) is 10.8. The van der Waals surface area contributed by atoms with E-state index in [4.69, 9.17) is 4.74 Å². The number of rotatable bonds is 6. The Hall–Kier alpha value is -2.02. The third-order valence-electron chi connectivity index (χ3n) is 2.90. The van der Waals surface area contributed by atoms with E-state index in [1.807, 2.05) is 0 Å². The fourth-order valence-corrected chi connectivity index (χ4v) is 2.35. The van der Waals surface area contributed by atoms with E-state index in [0.29, 0.717) is 10.4 Å². The van der Waals surface area contributed by atoms with Crippen LogP contribution >= 0.6 is 11.3 Å². The molecule has 0 amide bonds. The first-order valence-corrected chi connectivity index (χ1v) is 7.20. The number of alkyl halides is 2. The Morgan fingerprint density at radius 2 is 2.14 bits per heavy atom. The molecule has 7 heteroatoms. The summed E-state index contributed by atoms with van der Waals surface area (Å²) in [6, 6.07) is 4.22. The van der Waals surface area contributed by atoms with Gasteiger partial charge in [0.1, 0.15) is 0 Å². The highest BCUT2D eigenvalue weighted by Gasteiger charge is 2.26. The van der Waals surface area contributed by atoms with E-state index in [9.17, 15) is 13.6 Å². The number of aromatic nitrogens is 1. The average Bonchev–Trinajstić information content (AvgIpc) is 3.10. The van der Waals surface area contributed by atoms with Crippen LogP contribution in [0.25, 0.3) is 0 Å². The molecule has 0 unspecified atom stereocenters. The summed E-state index contributed by atoms with van der Waals surface area (Å²) in [5.41, 5.74) is 1.92. The summed E-state index contributed by atoms with van der Waals surface area (Å²) in [4.78, 5) is 16.6. The normalized spacial score (nSPS) is 14.2. The van der Waals surface area contributed by atoms with Crippen molar-refractivity contribution in [1.29, 1.82) is 0 Å². The monoisotopic (exact) mass is 311 g/mol. The lowest BCUT2D eigenvalue weighted by Gasteiger charge is -2.12. The number of hydrogen-bond acceptors (Lipinski definition) is 5. The Kier molecular flexibility index (Phi) is 3.83. The SMILES string of the molecule is O=C(c1ccc(OC(F)F)c(OC2CC2)c1)c1cncs1. The van der Waals surface area contributed by atoms with Gasteiger partial charge in [-0.3, -0.25) is 9.78 Å². The van der Waals surface area contributed by atoms with Gasteiger partial charge in [0, 0.05) is 11.8 Å². The molecule has 1 heterocycles. The molecule has 0 aliphatic heterocycles. The number of hydrogen-bond donors (Lipinski definition) is 0. The van der Waals surface area contributed by atoms with Gasteiger partial charge in [-0.15, -0.1) is 11.3 Å². The van der Waals surface area contributed by atoms with Gasteiger partial charge in [0.25, 0.3) is 0 Å². The lowest BCUT2D eigenvalue weighted by atomic mass is 10.1. The highest BCUT2D eigenvalue weighted by atomic mass is 32.1. The van der Waals surface area contributed by atoms with E-state index in [1.54, 1.807) is 5.51 Å². The Balaban J connectivity index is 1.89. The van der Waals surface area contributed by atoms with Gasteiger partial charge in [-0.1, -0.05) is 0 Å². The maximum Gasteiger partial charge on any atom is 0.387 e. The number of ketones is 1. The van der Waals surface area contributed by atoms with E-state index >= 15 is 0 Å². The summed E-state index contributed by atoms with van der Waals surface area (Å²) in [6.07, 6.45) is 3.24. The maximum atomic E-state index is 12.4. The quantitative estimate of drug-likeness (QED) is 0.766. The number of ether oxygens (including phenoxy) is 2. The topological polar surface area (TPSA) is 48.4 Å². The summed E-state index contributed by atoms with van der Waals surface area (Å²) in [5.74, 6) is -0.104. The molecule has 3 rings (SSSR count). The molecule has 21 heavy (non-hydrogen) atoms. The Morgan fingerprint density at radius 3 is 2.76 bits per heavy atom. The van der Waals surface area contributed by atoms with Gasteiger partial charge in [0.2, 0.25) is 5.78 Å². The molecule has 1 aromatic heterocycles. The van der Waals surface area contributed by atoms with Gasteiger partial charge in [0.05, 0.1) is 16.5 Å². The molecule has 0 atom stereocenters. The van der Waals surface area contributed by atoms with Gasteiger partial charge in [-0.05, 0) is 31.0 Å². The van der Waals surface area contributed by atoms with Gasteiger partial charge in [-0.25, -0.2) is 0 Å². The highest BCUT2D eigenvalue weighted by Crippen LogP contribution is 2.35. The van der Waals surface area contributed by atoms with Gasteiger partial charge < -0.3 is 9.47 Å². The smallest absolute Gasteiger partial charge is 0.387 e. The number of thiazole rings is 1. The van der Waals surface area contributed by atoms with Crippen molar-refractivity contribution in [3.8, 4) is 11.5 Å². The van der Waals surface area contributed by atoms with Crippen molar-refractivity contribution < 1.29 is 23.0 Å². The molecule has 1 saturated carbocycles. The van der Waals surface area contributed by atoms with Crippen LogP contribution in [0.15, 0.2) is 29.9 Å². The van der Waals surface area contributed by atoms with Crippen LogP contribution in [0.1, 0.15) is 28.1 Å². The third-order valence-corrected chi connectivity index (χ3v) is 3.67. The molecule has 0 bridgehead atoms. The van der Waals surface area contributed by atoms with Crippen molar-refractivity contribution in [3.05, 3.63) is 40.3 Å². The van der Waals surface area contributed by atoms with Crippen molar-refractivity contribution in [3.63, 3.8) is 0 Å². The molecule has 1 aliphatic carbocycles. The molecule has 0 saturated heterocycles. The fourth-order valence-electron chi connectivity index (χ4n) is 1.77. The molecular weight excluding hydrogens is 300 g/mol. The number of nitrogens with zero attached hydrogens (tertiary/aromatic N) is 1. The van der Waals surface area contributed by atoms with E-state index in [2.05, 4.69) is 9.72 Å². The number of halogens is 2. The van der Waals surface area contributed by atoms with Gasteiger partial charge in [-0.2, -0.15) is 8.78 Å². The minimum atomic E-state index is -2.94. The first kappa shape index (κ1) is 13.9. The molecule has 1 aliphatic rings. The van der Waals surface area contributed by atoms with E-state index in [-0.39, 0.29) is 23.4 Å². The standard InChI is InChI=1S/C14H11F2NO3S/c15-14(16)20-10-4-1-8(5-11(10)19-9-2-3-9)13(18)12-6-17-7-21-12/h1,4-7,9,14H,2-3H2. The van der Waals surface area contributed by atoms with E-state index in [1.165, 1.54) is 35.7 Å². The van der Waals surface area contributed by atoms with E-state index in [0.717, 1.165) is 12.8 Å². The summed E-state index contributed by atoms with van der Waals surface area (Å²) < 4.78 is 34.7. The Morgan fingerprint density at radius 1 is 1.33 bits per heavy atom. The summed E-state index contributed by atoms with van der Waals surface area (Å²) in [7, 11) is 0. The maximum absolute atomic E-state index is 12.4. The minimum absolute atomic E-state index is 0.0128. The largest absolute Gasteiger partial charge is 0.487 e. The summed E-state index contributed by atoms with van der Waals surface area (Å²) >= 11 is 1.22. The molecule has 2 aromatic rings. The van der Waals surface area contributed by atoms with Crippen LogP contribution in [0, 0.1) is 0 Å². The average molecular weight is 311 g/mol. The summed E-state index contributed by atoms with van der Waals surface area (Å²) in [5, 5.41) is 0. The second-order valence-corrected chi connectivity index (χ2v) is 5.44. The van der Waals surface area contributed by atoms with Crippen LogP contribution in [0.5, 0.6) is 11.5 Å². The number of carbonyl (C=O) groups is 1. The fraction of sp³-hybridized carbons (Fsp3) is 0.286. The molecule has 4 nitrogen and oxygen atoms in total. The van der Waals surface area contributed by atoms with Crippen LogP contribution in [-0.2, 0) is 0 Å². The van der Waals surface area contributed by atoms with Crippen molar-refractivity contribution in [2.24, 2.45) is 0 Å². The van der Waals surface area contributed by atoms with Crippen molar-refractivity contribution >= 4 is 17.1 Å². The number of carbonyl (C=O) groups excluding carboxylic acids is 1. The first-order chi connectivity index (χ1) is 10.1. The summed E-state index contributed by atoms with van der Waals surface area (Å²) in [6.45, 7) is -2.94. The molecule has 0 spiro atoms. The second kappa shape index (κ2) is 5.77. The van der Waals surface area contributed by atoms with E-state index < -0.39 is 6.61 Å². The van der Waals surface area contributed by atoms with Gasteiger partial charge >= 0.3 is 6.61 Å². The van der Waals surface area contributed by atoms with Crippen LogP contribution in [0.2, 0.25) is 0 Å². The first-order valence-electron chi connectivity index (χ1n) is 6.32. The van der Waals surface area contributed by atoms with Crippen LogP contribution in [0.3, 0.4) is 0 Å². The van der Waals surface area contributed by atoms with Crippen molar-refractivity contribution in [2.75, 3.05) is 0 Å². The molecular formula is C14H11F2NO3S. The third kappa shape index (κ3) is 3.36. The van der Waals surface area contributed by atoms with Crippen LogP contribution < -0.4 is 9.47 Å². The molecule has 0 radical (unpaired) electrons. The Labute approximate surface area is 123 Å². The lowest BCUT2D eigenvalue weighted by Crippen LogP contribution is -2.07. The highest BCUT2D eigenvalue weighted by molar-refractivity contribution is 7.11. The zero-order valence-corrected chi connectivity index (χ0v) is 11.6. The van der Waals surface area contributed by atoms with Crippen LogP contribution in [-0.4, -0.2) is 23.5 Å². The van der Waals surface area contributed by atoms with Crippen molar-refractivity contribution in [1.82, 2.24) is 4.98 Å². The second-order valence-electron chi connectivity index (χ2n) is 4.55. The van der Waals surface area contributed by atoms with Crippen LogP contribution in [0.4, 0.5) is 8.78 Å². The molecule has 0 N–H and O–H groups in total. The number of benzene rings is 1.